The molecule has 3 N–H and O–H groups in total. The van der Waals surface area contributed by atoms with Crippen LogP contribution in [0.3, 0.4) is 0 Å². The molecule has 4 aromatic rings. The van der Waals surface area contributed by atoms with Crippen molar-refractivity contribution in [1.82, 2.24) is 24.8 Å². The summed E-state index contributed by atoms with van der Waals surface area (Å²) in [6.45, 7) is 4.35. The molecule has 43 heavy (non-hydrogen) atoms. The molecule has 3 unspecified atom stereocenters. The number of rotatable bonds is 13. The van der Waals surface area contributed by atoms with E-state index in [2.05, 4.69) is 51.8 Å². The molecule has 0 saturated heterocycles. The molecule has 228 valence electrons. The minimum absolute atomic E-state index is 0.0156. The number of aliphatic hydroxyl groups is 1. The molecule has 0 bridgehead atoms. The topological polar surface area (TPSA) is 119 Å². The van der Waals surface area contributed by atoms with Gasteiger partial charge in [0.2, 0.25) is 23.8 Å². The number of carbonyl (C=O) groups is 1. The maximum Gasteiger partial charge on any atom is 0.233 e. The fourth-order valence-electron chi connectivity index (χ4n) is 5.62. The maximum absolute atomic E-state index is 13.0. The zero-order valence-electron chi connectivity index (χ0n) is 25.2. The number of carbonyl (C=O) groups excluding carboxylic acids is 1. The number of hydrogen-bond acceptors (Lipinski definition) is 10. The monoisotopic (exact) mass is 602 g/mol. The van der Waals surface area contributed by atoms with Gasteiger partial charge in [-0.1, -0.05) is 43.7 Å². The van der Waals surface area contributed by atoms with E-state index in [1.165, 1.54) is 5.56 Å². The highest BCUT2D eigenvalue weighted by Gasteiger charge is 2.28. The van der Waals surface area contributed by atoms with Gasteiger partial charge in [0.25, 0.3) is 0 Å². The third-order valence-electron chi connectivity index (χ3n) is 8.24. The molecule has 10 nitrogen and oxygen atoms in total. The summed E-state index contributed by atoms with van der Waals surface area (Å²) in [6.07, 6.45) is 4.49. The van der Waals surface area contributed by atoms with Crippen LogP contribution in [0.1, 0.15) is 50.5 Å². The first-order valence-electron chi connectivity index (χ1n) is 15.1. The summed E-state index contributed by atoms with van der Waals surface area (Å²) < 4.78 is 1.09. The van der Waals surface area contributed by atoms with Crippen LogP contribution < -0.4 is 15.5 Å². The molecule has 0 aliphatic heterocycles. The average Bonchev–Trinajstić information content (AvgIpc) is 3.51. The molecule has 0 spiro atoms. The minimum Gasteiger partial charge on any atom is -0.396 e. The van der Waals surface area contributed by atoms with Crippen LogP contribution in [0.5, 0.6) is 0 Å². The summed E-state index contributed by atoms with van der Waals surface area (Å²) in [4.78, 5) is 35.4. The first-order chi connectivity index (χ1) is 20.9. The Morgan fingerprint density at radius 2 is 1.88 bits per heavy atom. The van der Waals surface area contributed by atoms with E-state index >= 15 is 0 Å². The highest BCUT2D eigenvalue weighted by atomic mass is 32.1. The third-order valence-corrected chi connectivity index (χ3v) is 9.03. The molecule has 2 heterocycles. The lowest BCUT2D eigenvalue weighted by Crippen LogP contribution is -2.37. The second-order valence-electron chi connectivity index (χ2n) is 11.6. The lowest BCUT2D eigenvalue weighted by atomic mass is 9.81. The number of anilines is 4. The van der Waals surface area contributed by atoms with E-state index in [4.69, 9.17) is 9.97 Å². The minimum atomic E-state index is 0.0156. The van der Waals surface area contributed by atoms with Crippen molar-refractivity contribution in [3.63, 3.8) is 0 Å². The quantitative estimate of drug-likeness (QED) is 0.182. The first-order valence-corrected chi connectivity index (χ1v) is 16.0. The highest BCUT2D eigenvalue weighted by molar-refractivity contribution is 7.16. The number of nitrogens with zero attached hydrogens (tertiary/aromatic N) is 6. The summed E-state index contributed by atoms with van der Waals surface area (Å²) in [5.41, 5.74) is 4.93. The number of nitrogens with one attached hydrogen (secondary N) is 2. The molecule has 11 heteroatoms. The molecule has 1 aliphatic carbocycles. The lowest BCUT2D eigenvalue weighted by Gasteiger charge is -2.30. The van der Waals surface area contributed by atoms with Gasteiger partial charge in [-0.3, -0.25) is 4.79 Å². The van der Waals surface area contributed by atoms with Gasteiger partial charge in [0.05, 0.1) is 15.7 Å². The van der Waals surface area contributed by atoms with Gasteiger partial charge < -0.3 is 25.5 Å². The molecule has 1 aliphatic rings. The maximum atomic E-state index is 13.0. The molecule has 1 saturated carbocycles. The van der Waals surface area contributed by atoms with Gasteiger partial charge in [0.1, 0.15) is 0 Å². The predicted molar refractivity (Wildman–Crippen MR) is 174 cm³/mol. The Labute approximate surface area is 257 Å². The van der Waals surface area contributed by atoms with E-state index in [1.54, 1.807) is 11.3 Å². The summed E-state index contributed by atoms with van der Waals surface area (Å²) in [6, 6.07) is 16.4. The Kier molecular flexibility index (Phi) is 10.4. The van der Waals surface area contributed by atoms with Gasteiger partial charge in [0.15, 0.2) is 0 Å². The van der Waals surface area contributed by atoms with Crippen molar-refractivity contribution in [2.24, 2.45) is 11.8 Å². The number of thiazole rings is 1. The molecular formula is C32H42N8O2S. The van der Waals surface area contributed by atoms with E-state index in [1.807, 2.05) is 53.7 Å². The van der Waals surface area contributed by atoms with Crippen molar-refractivity contribution in [1.29, 1.82) is 0 Å². The summed E-state index contributed by atoms with van der Waals surface area (Å²) >= 11 is 1.59. The fraction of sp³-hybridized carbons (Fsp3) is 0.469. The van der Waals surface area contributed by atoms with E-state index in [0.717, 1.165) is 48.0 Å². The van der Waals surface area contributed by atoms with Crippen molar-refractivity contribution >= 4 is 51.0 Å². The average molecular weight is 603 g/mol. The normalized spacial score (nSPS) is 17.4. The molecule has 3 atom stereocenters. The third kappa shape index (κ3) is 8.17. The van der Waals surface area contributed by atoms with Gasteiger partial charge in [-0.2, -0.15) is 15.0 Å². The standard InChI is InChI=1S/C32H42N8O2S/c1-22(24-10-5-4-6-11-24)19-33-30-36-31(35-26-13-14-27-28(18-26)43-21-34-27)38-32(37-30)40(3)16-8-15-39(2)29(42)25-12-7-9-23(17-25)20-41/h4-6,10-11,13-14,18,21-23,25,41H,7-9,12,15-17,19-20H2,1-3H3,(H2,33,35,36,37,38). The van der Waals surface area contributed by atoms with Gasteiger partial charge in [-0.25, -0.2) is 4.98 Å². The Morgan fingerprint density at radius 3 is 2.70 bits per heavy atom. The van der Waals surface area contributed by atoms with Crippen molar-refractivity contribution < 1.29 is 9.90 Å². The summed E-state index contributed by atoms with van der Waals surface area (Å²) in [5.74, 6) is 2.23. The van der Waals surface area contributed by atoms with Gasteiger partial charge >= 0.3 is 0 Å². The summed E-state index contributed by atoms with van der Waals surface area (Å²) in [7, 11) is 3.85. The zero-order valence-corrected chi connectivity index (χ0v) is 26.1. The van der Waals surface area contributed by atoms with Crippen molar-refractivity contribution in [3.05, 3.63) is 59.6 Å². The predicted octanol–water partition coefficient (Wildman–Crippen LogP) is 5.52. The van der Waals surface area contributed by atoms with E-state index in [-0.39, 0.29) is 30.3 Å². The van der Waals surface area contributed by atoms with E-state index < -0.39 is 0 Å². The number of hydrogen-bond donors (Lipinski definition) is 3. The number of aliphatic hydroxyl groups excluding tert-OH is 1. The van der Waals surface area contributed by atoms with E-state index in [9.17, 15) is 9.90 Å². The fourth-order valence-corrected chi connectivity index (χ4v) is 6.34. The van der Waals surface area contributed by atoms with E-state index in [0.29, 0.717) is 37.5 Å². The molecule has 1 fully saturated rings. The number of fused-ring (bicyclic) bond motifs is 1. The number of benzene rings is 2. The van der Waals surface area contributed by atoms with Gasteiger partial charge in [-0.05, 0) is 61.3 Å². The largest absolute Gasteiger partial charge is 0.396 e. The molecular weight excluding hydrogens is 560 g/mol. The Hall–Kier alpha value is -3.83. The van der Waals surface area contributed by atoms with Crippen molar-refractivity contribution in [2.45, 2.75) is 44.9 Å². The van der Waals surface area contributed by atoms with Crippen LogP contribution in [0.4, 0.5) is 23.5 Å². The Morgan fingerprint density at radius 1 is 1.07 bits per heavy atom. The van der Waals surface area contributed by atoms with Crippen LogP contribution in [0.2, 0.25) is 0 Å². The van der Waals surface area contributed by atoms with Gasteiger partial charge in [-0.15, -0.1) is 11.3 Å². The lowest BCUT2D eigenvalue weighted by molar-refractivity contribution is -0.136. The van der Waals surface area contributed by atoms with Gasteiger partial charge in [0, 0.05) is 51.9 Å². The van der Waals surface area contributed by atoms with Crippen LogP contribution in [0.15, 0.2) is 54.0 Å². The molecule has 5 rings (SSSR count). The van der Waals surface area contributed by atoms with Crippen LogP contribution >= 0.6 is 11.3 Å². The van der Waals surface area contributed by atoms with Crippen LogP contribution in [-0.2, 0) is 4.79 Å². The smallest absolute Gasteiger partial charge is 0.233 e. The zero-order chi connectivity index (χ0) is 30.2. The van der Waals surface area contributed by atoms with Crippen LogP contribution in [0.25, 0.3) is 10.2 Å². The van der Waals surface area contributed by atoms with Crippen LogP contribution in [-0.4, -0.2) is 76.2 Å². The second kappa shape index (κ2) is 14.6. The first kappa shape index (κ1) is 30.6. The Bertz CT molecular complexity index is 1480. The van der Waals surface area contributed by atoms with Crippen molar-refractivity contribution in [2.75, 3.05) is 55.9 Å². The second-order valence-corrected chi connectivity index (χ2v) is 12.5. The number of amides is 1. The SMILES string of the molecule is CC(CNc1nc(Nc2ccc3ncsc3c2)nc(N(C)CCCN(C)C(=O)C2CCCC(CO)C2)n1)c1ccccc1. The van der Waals surface area contributed by atoms with Crippen molar-refractivity contribution in [3.8, 4) is 0 Å². The van der Waals surface area contributed by atoms with Crippen LogP contribution in [0, 0.1) is 11.8 Å². The number of aromatic nitrogens is 4. The molecule has 2 aromatic heterocycles. The highest BCUT2D eigenvalue weighted by Crippen LogP contribution is 2.30. The Balaban J connectivity index is 1.25. The molecule has 1 amide bonds. The summed E-state index contributed by atoms with van der Waals surface area (Å²) in [5, 5.41) is 16.3. The molecule has 0 radical (unpaired) electrons. The molecule has 2 aromatic carbocycles.